The third-order valence-corrected chi connectivity index (χ3v) is 2.54. The molecule has 1 saturated carbocycles. The van der Waals surface area contributed by atoms with Crippen LogP contribution in [0.25, 0.3) is 0 Å². The van der Waals surface area contributed by atoms with Gasteiger partial charge in [-0.3, -0.25) is 4.79 Å². The summed E-state index contributed by atoms with van der Waals surface area (Å²) in [6.45, 7) is 2.24. The molecule has 1 atom stereocenters. The first-order chi connectivity index (χ1) is 7.19. The standard InChI is InChI=1S/C11H18N2O2/c1-3-15-11(14)8-4-5-10(12)9(6-8)7-13-2/h7-8,12-13H,3-6H2,1-2H3/b9-7-,12-10?. The van der Waals surface area contributed by atoms with Crippen LogP contribution < -0.4 is 5.32 Å². The summed E-state index contributed by atoms with van der Waals surface area (Å²) in [6, 6.07) is 0. The maximum atomic E-state index is 11.5. The molecule has 0 aliphatic heterocycles. The van der Waals surface area contributed by atoms with Gasteiger partial charge in [-0.1, -0.05) is 0 Å². The van der Waals surface area contributed by atoms with E-state index in [1.54, 1.807) is 13.2 Å². The Morgan fingerprint density at radius 1 is 1.73 bits per heavy atom. The van der Waals surface area contributed by atoms with Crippen LogP contribution in [-0.4, -0.2) is 25.3 Å². The van der Waals surface area contributed by atoms with Gasteiger partial charge in [-0.15, -0.1) is 0 Å². The Labute approximate surface area is 90.2 Å². The van der Waals surface area contributed by atoms with Crippen LogP contribution in [0.4, 0.5) is 0 Å². The Morgan fingerprint density at radius 2 is 2.47 bits per heavy atom. The van der Waals surface area contributed by atoms with Gasteiger partial charge in [0.1, 0.15) is 0 Å². The van der Waals surface area contributed by atoms with Gasteiger partial charge in [-0.2, -0.15) is 0 Å². The lowest BCUT2D eigenvalue weighted by Gasteiger charge is -2.23. The summed E-state index contributed by atoms with van der Waals surface area (Å²) in [6.07, 6.45) is 3.82. The van der Waals surface area contributed by atoms with E-state index >= 15 is 0 Å². The summed E-state index contributed by atoms with van der Waals surface area (Å²) in [7, 11) is 1.80. The van der Waals surface area contributed by atoms with Gasteiger partial charge >= 0.3 is 5.97 Å². The van der Waals surface area contributed by atoms with Gasteiger partial charge < -0.3 is 15.5 Å². The second-order valence-electron chi connectivity index (χ2n) is 3.63. The molecular weight excluding hydrogens is 192 g/mol. The Morgan fingerprint density at radius 3 is 3.07 bits per heavy atom. The number of carbonyl (C=O) groups excluding carboxylic acids is 1. The summed E-state index contributed by atoms with van der Waals surface area (Å²) in [4.78, 5) is 11.5. The highest BCUT2D eigenvalue weighted by atomic mass is 16.5. The molecule has 0 amide bonds. The third kappa shape index (κ3) is 3.08. The summed E-state index contributed by atoms with van der Waals surface area (Å²) in [5, 5.41) is 10.6. The van der Waals surface area contributed by atoms with Crippen LogP contribution in [0.3, 0.4) is 0 Å². The second-order valence-corrected chi connectivity index (χ2v) is 3.63. The number of nitrogens with one attached hydrogen (secondary N) is 2. The van der Waals surface area contributed by atoms with Crippen LogP contribution in [0.2, 0.25) is 0 Å². The summed E-state index contributed by atoms with van der Waals surface area (Å²) < 4.78 is 4.99. The third-order valence-electron chi connectivity index (χ3n) is 2.54. The molecule has 2 N–H and O–H groups in total. The Bertz CT molecular complexity index is 284. The summed E-state index contributed by atoms with van der Waals surface area (Å²) in [5.74, 6) is -0.203. The maximum absolute atomic E-state index is 11.5. The Balaban J connectivity index is 2.61. The zero-order chi connectivity index (χ0) is 11.3. The topological polar surface area (TPSA) is 62.2 Å². The molecular formula is C11H18N2O2. The fourth-order valence-electron chi connectivity index (χ4n) is 1.75. The first-order valence-electron chi connectivity index (χ1n) is 5.29. The highest BCUT2D eigenvalue weighted by molar-refractivity contribution is 5.99. The van der Waals surface area contributed by atoms with Crippen molar-refractivity contribution in [3.63, 3.8) is 0 Å². The van der Waals surface area contributed by atoms with Crippen LogP contribution in [-0.2, 0) is 9.53 Å². The molecule has 0 radical (unpaired) electrons. The highest BCUT2D eigenvalue weighted by Crippen LogP contribution is 2.26. The van der Waals surface area contributed by atoms with Crippen LogP contribution in [0.1, 0.15) is 26.2 Å². The van der Waals surface area contributed by atoms with Gasteiger partial charge in [-0.05, 0) is 31.8 Å². The van der Waals surface area contributed by atoms with Gasteiger partial charge in [0.2, 0.25) is 0 Å². The highest BCUT2D eigenvalue weighted by Gasteiger charge is 2.27. The van der Waals surface area contributed by atoms with Crippen LogP contribution in [0.5, 0.6) is 0 Å². The maximum Gasteiger partial charge on any atom is 0.309 e. The van der Waals surface area contributed by atoms with Crippen molar-refractivity contribution in [3.8, 4) is 0 Å². The van der Waals surface area contributed by atoms with Crippen molar-refractivity contribution in [1.82, 2.24) is 5.32 Å². The minimum Gasteiger partial charge on any atom is -0.466 e. The number of allylic oxidation sites excluding steroid dienone is 1. The lowest BCUT2D eigenvalue weighted by atomic mass is 9.84. The molecule has 1 aliphatic rings. The molecule has 1 unspecified atom stereocenters. The Kier molecular flexibility index (Phi) is 4.34. The molecule has 0 aromatic heterocycles. The van der Waals surface area contributed by atoms with Crippen LogP contribution in [0.15, 0.2) is 11.8 Å². The molecule has 84 valence electrons. The second kappa shape index (κ2) is 5.53. The first-order valence-corrected chi connectivity index (χ1v) is 5.29. The van der Waals surface area contributed by atoms with Gasteiger partial charge in [0, 0.05) is 19.0 Å². The van der Waals surface area contributed by atoms with Crippen molar-refractivity contribution >= 4 is 11.7 Å². The number of rotatable bonds is 3. The Hall–Kier alpha value is -1.32. The van der Waals surface area contributed by atoms with Crippen LogP contribution >= 0.6 is 0 Å². The van der Waals surface area contributed by atoms with Crippen molar-refractivity contribution in [2.24, 2.45) is 5.92 Å². The molecule has 4 nitrogen and oxygen atoms in total. The van der Waals surface area contributed by atoms with Gasteiger partial charge in [0.25, 0.3) is 0 Å². The van der Waals surface area contributed by atoms with Crippen molar-refractivity contribution in [1.29, 1.82) is 5.41 Å². The zero-order valence-electron chi connectivity index (χ0n) is 9.30. The molecule has 1 rings (SSSR count). The summed E-state index contributed by atoms with van der Waals surface area (Å²) >= 11 is 0. The quantitative estimate of drug-likeness (QED) is 0.693. The van der Waals surface area contributed by atoms with Gasteiger partial charge in [0.05, 0.1) is 12.5 Å². The molecule has 4 heteroatoms. The zero-order valence-corrected chi connectivity index (χ0v) is 9.30. The predicted octanol–water partition coefficient (Wildman–Crippen LogP) is 1.47. The fourth-order valence-corrected chi connectivity index (χ4v) is 1.75. The van der Waals surface area contributed by atoms with Crippen molar-refractivity contribution in [3.05, 3.63) is 11.8 Å². The smallest absolute Gasteiger partial charge is 0.309 e. The molecule has 0 saturated heterocycles. The molecule has 0 bridgehead atoms. The van der Waals surface area contributed by atoms with E-state index in [1.807, 2.05) is 6.92 Å². The molecule has 0 aromatic carbocycles. The van der Waals surface area contributed by atoms with E-state index in [4.69, 9.17) is 10.1 Å². The molecule has 1 aliphatic carbocycles. The van der Waals surface area contributed by atoms with E-state index < -0.39 is 0 Å². The molecule has 0 heterocycles. The van der Waals surface area contributed by atoms with E-state index in [0.717, 1.165) is 12.0 Å². The molecule has 0 aromatic rings. The van der Waals surface area contributed by atoms with Gasteiger partial charge in [-0.25, -0.2) is 0 Å². The van der Waals surface area contributed by atoms with Crippen LogP contribution in [0, 0.1) is 11.3 Å². The number of esters is 1. The minimum absolute atomic E-state index is 0.0707. The van der Waals surface area contributed by atoms with E-state index in [-0.39, 0.29) is 11.9 Å². The van der Waals surface area contributed by atoms with E-state index in [0.29, 0.717) is 25.2 Å². The first kappa shape index (κ1) is 11.8. The molecule has 1 fully saturated rings. The van der Waals surface area contributed by atoms with Gasteiger partial charge in [0.15, 0.2) is 0 Å². The molecule has 0 spiro atoms. The van der Waals surface area contributed by atoms with Crippen molar-refractivity contribution in [2.45, 2.75) is 26.2 Å². The van der Waals surface area contributed by atoms with E-state index in [2.05, 4.69) is 5.32 Å². The number of hydrogen-bond donors (Lipinski definition) is 2. The fraction of sp³-hybridized carbons (Fsp3) is 0.636. The predicted molar refractivity (Wildman–Crippen MR) is 58.8 cm³/mol. The van der Waals surface area contributed by atoms with E-state index in [9.17, 15) is 4.79 Å². The number of hydrogen-bond acceptors (Lipinski definition) is 4. The SMILES string of the molecule is CCOC(=O)C1CCC(=N)/C(=C\NC)C1. The lowest BCUT2D eigenvalue weighted by Crippen LogP contribution is -2.25. The average molecular weight is 210 g/mol. The summed E-state index contributed by atoms with van der Waals surface area (Å²) in [5.41, 5.74) is 1.55. The van der Waals surface area contributed by atoms with Crippen molar-refractivity contribution < 1.29 is 9.53 Å². The lowest BCUT2D eigenvalue weighted by molar-refractivity contribution is -0.148. The van der Waals surface area contributed by atoms with E-state index in [1.165, 1.54) is 0 Å². The number of ether oxygens (including phenoxy) is 1. The van der Waals surface area contributed by atoms with Crippen molar-refractivity contribution in [2.75, 3.05) is 13.7 Å². The minimum atomic E-state index is -0.132. The normalized spacial score (nSPS) is 24.0. The average Bonchev–Trinajstić information content (AvgIpc) is 2.22. The molecule has 15 heavy (non-hydrogen) atoms. The number of carbonyl (C=O) groups is 1. The largest absolute Gasteiger partial charge is 0.466 e. The monoisotopic (exact) mass is 210 g/mol.